The van der Waals surface area contributed by atoms with E-state index >= 15 is 0 Å². The van der Waals surface area contributed by atoms with Gasteiger partial charge >= 0.3 is 0 Å². The highest BCUT2D eigenvalue weighted by Crippen LogP contribution is 2.39. The average Bonchev–Trinajstić information content (AvgIpc) is 3.22. The number of carbonyl (C=O) groups is 1. The molecule has 138 valence electrons. The van der Waals surface area contributed by atoms with Crippen LogP contribution in [-0.2, 0) is 17.8 Å². The van der Waals surface area contributed by atoms with Gasteiger partial charge in [-0.3, -0.25) is 14.7 Å². The van der Waals surface area contributed by atoms with Gasteiger partial charge in [-0.2, -0.15) is 0 Å². The predicted molar refractivity (Wildman–Crippen MR) is 105 cm³/mol. The van der Waals surface area contributed by atoms with E-state index in [-0.39, 0.29) is 5.91 Å². The van der Waals surface area contributed by atoms with Crippen molar-refractivity contribution in [1.29, 1.82) is 0 Å². The minimum absolute atomic E-state index is 0.254. The van der Waals surface area contributed by atoms with Crippen molar-refractivity contribution in [3.63, 3.8) is 0 Å². The lowest BCUT2D eigenvalue weighted by molar-refractivity contribution is -0.133. The molecule has 1 unspecified atom stereocenters. The van der Waals surface area contributed by atoms with Gasteiger partial charge in [0, 0.05) is 53.7 Å². The first-order valence-corrected chi connectivity index (χ1v) is 10.4. The quantitative estimate of drug-likeness (QED) is 0.827. The zero-order valence-electron chi connectivity index (χ0n) is 15.5. The first-order chi connectivity index (χ1) is 12.6. The van der Waals surface area contributed by atoms with E-state index < -0.39 is 0 Å². The van der Waals surface area contributed by atoms with Crippen LogP contribution in [0.4, 0.5) is 0 Å². The van der Waals surface area contributed by atoms with Crippen LogP contribution in [0.15, 0.2) is 36.7 Å². The smallest absolute Gasteiger partial charge is 0.227 e. The maximum atomic E-state index is 12.8. The fourth-order valence-corrected chi connectivity index (χ4v) is 5.43. The fourth-order valence-electron chi connectivity index (χ4n) is 4.50. The summed E-state index contributed by atoms with van der Waals surface area (Å²) >= 11 is 1.90. The molecule has 26 heavy (non-hydrogen) atoms. The van der Waals surface area contributed by atoms with Crippen LogP contribution in [0.1, 0.15) is 34.6 Å². The number of pyridine rings is 1. The number of likely N-dealkylation sites (tertiary alicyclic amines) is 2. The van der Waals surface area contributed by atoms with Crippen molar-refractivity contribution < 1.29 is 4.79 Å². The number of amides is 1. The van der Waals surface area contributed by atoms with Crippen LogP contribution >= 0.6 is 11.3 Å². The van der Waals surface area contributed by atoms with Crippen molar-refractivity contribution in [3.8, 4) is 0 Å². The largest absolute Gasteiger partial charge is 0.342 e. The summed E-state index contributed by atoms with van der Waals surface area (Å²) in [4.78, 5) is 24.4. The molecule has 2 aromatic rings. The molecule has 0 bridgehead atoms. The second-order valence-corrected chi connectivity index (χ2v) is 9.30. The molecule has 5 heteroatoms. The molecule has 4 nitrogen and oxygen atoms in total. The van der Waals surface area contributed by atoms with E-state index in [0.29, 0.717) is 11.8 Å². The standard InChI is InChI=1S/C21H27N3OS/c1-17-5-6-19(26-17)14-23-11-8-21(15-23)7-3-10-24(16-21)20(25)12-18-4-2-9-22-13-18/h2,4-6,9,13H,3,7-8,10-12,14-16H2,1H3. The van der Waals surface area contributed by atoms with Crippen LogP contribution in [0.25, 0.3) is 0 Å². The summed E-state index contributed by atoms with van der Waals surface area (Å²) in [5, 5.41) is 0. The molecule has 0 saturated carbocycles. The lowest BCUT2D eigenvalue weighted by Crippen LogP contribution is -2.47. The number of thiophene rings is 1. The maximum absolute atomic E-state index is 12.8. The Bertz CT molecular complexity index is 760. The van der Waals surface area contributed by atoms with Gasteiger partial charge in [-0.25, -0.2) is 0 Å². The molecule has 2 aliphatic heterocycles. The number of aryl methyl sites for hydroxylation is 1. The monoisotopic (exact) mass is 369 g/mol. The molecule has 0 aliphatic carbocycles. The van der Waals surface area contributed by atoms with Gasteiger partial charge in [0.05, 0.1) is 6.42 Å². The molecular formula is C21H27N3OS. The van der Waals surface area contributed by atoms with Crippen molar-refractivity contribution in [2.24, 2.45) is 5.41 Å². The van der Waals surface area contributed by atoms with Crippen LogP contribution in [-0.4, -0.2) is 46.9 Å². The maximum Gasteiger partial charge on any atom is 0.227 e. The summed E-state index contributed by atoms with van der Waals surface area (Å²) in [5.74, 6) is 0.254. The number of hydrogen-bond acceptors (Lipinski definition) is 4. The topological polar surface area (TPSA) is 36.4 Å². The van der Waals surface area contributed by atoms with E-state index in [9.17, 15) is 4.79 Å². The molecule has 0 N–H and O–H groups in total. The fraction of sp³-hybridized carbons (Fsp3) is 0.524. The van der Waals surface area contributed by atoms with E-state index in [1.807, 2.05) is 23.5 Å². The van der Waals surface area contributed by atoms with Gasteiger partial charge in [-0.1, -0.05) is 6.07 Å². The second-order valence-electron chi connectivity index (χ2n) is 7.93. The van der Waals surface area contributed by atoms with Gasteiger partial charge in [0.15, 0.2) is 0 Å². The molecule has 2 fully saturated rings. The molecule has 0 radical (unpaired) electrons. The van der Waals surface area contributed by atoms with Crippen LogP contribution in [0.3, 0.4) is 0 Å². The Labute approximate surface area is 159 Å². The molecule has 4 heterocycles. The van der Waals surface area contributed by atoms with Crippen molar-refractivity contribution >= 4 is 17.2 Å². The van der Waals surface area contributed by atoms with E-state index in [1.165, 1.54) is 22.6 Å². The lowest BCUT2D eigenvalue weighted by atomic mass is 9.79. The number of carbonyl (C=O) groups excluding carboxylic acids is 1. The molecule has 4 rings (SSSR count). The predicted octanol–water partition coefficient (Wildman–Crippen LogP) is 3.51. The van der Waals surface area contributed by atoms with Gasteiger partial charge in [0.25, 0.3) is 0 Å². The third-order valence-electron chi connectivity index (χ3n) is 5.79. The van der Waals surface area contributed by atoms with E-state index in [2.05, 4.69) is 33.8 Å². The third-order valence-corrected chi connectivity index (χ3v) is 6.77. The summed E-state index contributed by atoms with van der Waals surface area (Å²) in [7, 11) is 0. The summed E-state index contributed by atoms with van der Waals surface area (Å²) in [6.45, 7) is 7.34. The number of nitrogens with zero attached hydrogens (tertiary/aromatic N) is 3. The molecule has 1 amide bonds. The Morgan fingerprint density at radius 3 is 2.92 bits per heavy atom. The molecule has 1 spiro atoms. The molecular weight excluding hydrogens is 342 g/mol. The van der Waals surface area contributed by atoms with Gasteiger partial charge in [0.2, 0.25) is 5.91 Å². The van der Waals surface area contributed by atoms with Crippen LogP contribution in [0.5, 0.6) is 0 Å². The number of hydrogen-bond donors (Lipinski definition) is 0. The minimum Gasteiger partial charge on any atom is -0.342 e. The number of piperidine rings is 1. The molecule has 1 atom stereocenters. The highest BCUT2D eigenvalue weighted by molar-refractivity contribution is 7.11. The minimum atomic E-state index is 0.254. The average molecular weight is 370 g/mol. The highest BCUT2D eigenvalue weighted by Gasteiger charge is 2.42. The second kappa shape index (κ2) is 7.49. The first-order valence-electron chi connectivity index (χ1n) is 9.56. The first kappa shape index (κ1) is 17.7. The van der Waals surface area contributed by atoms with Crippen LogP contribution < -0.4 is 0 Å². The van der Waals surface area contributed by atoms with Crippen LogP contribution in [0.2, 0.25) is 0 Å². The van der Waals surface area contributed by atoms with Gasteiger partial charge in [-0.15, -0.1) is 11.3 Å². The van der Waals surface area contributed by atoms with E-state index in [1.54, 1.807) is 12.4 Å². The molecule has 2 aromatic heterocycles. The Morgan fingerprint density at radius 2 is 2.15 bits per heavy atom. The zero-order valence-corrected chi connectivity index (χ0v) is 16.3. The summed E-state index contributed by atoms with van der Waals surface area (Å²) in [5.41, 5.74) is 1.31. The Hall–Kier alpha value is -1.72. The van der Waals surface area contributed by atoms with Crippen molar-refractivity contribution in [2.75, 3.05) is 26.2 Å². The number of aromatic nitrogens is 1. The van der Waals surface area contributed by atoms with E-state index in [4.69, 9.17) is 0 Å². The third kappa shape index (κ3) is 3.99. The Morgan fingerprint density at radius 1 is 1.23 bits per heavy atom. The Kier molecular flexibility index (Phi) is 5.09. The molecule has 2 saturated heterocycles. The van der Waals surface area contributed by atoms with E-state index in [0.717, 1.165) is 44.7 Å². The van der Waals surface area contributed by atoms with Gasteiger partial charge < -0.3 is 4.90 Å². The van der Waals surface area contributed by atoms with Crippen molar-refractivity contribution in [1.82, 2.24) is 14.8 Å². The van der Waals surface area contributed by atoms with Crippen molar-refractivity contribution in [2.45, 2.75) is 39.2 Å². The number of rotatable bonds is 4. The lowest BCUT2D eigenvalue weighted by Gasteiger charge is -2.40. The highest BCUT2D eigenvalue weighted by atomic mass is 32.1. The SMILES string of the molecule is Cc1ccc(CN2CCC3(CCCN(C(=O)Cc4cccnc4)C3)C2)s1. The zero-order chi connectivity index (χ0) is 18.0. The molecule has 2 aliphatic rings. The summed E-state index contributed by atoms with van der Waals surface area (Å²) < 4.78 is 0. The van der Waals surface area contributed by atoms with Gasteiger partial charge in [-0.05, 0) is 56.5 Å². The van der Waals surface area contributed by atoms with Crippen molar-refractivity contribution in [3.05, 3.63) is 52.0 Å². The Balaban J connectivity index is 1.36. The molecule has 0 aromatic carbocycles. The summed E-state index contributed by atoms with van der Waals surface area (Å²) in [6.07, 6.45) is 7.63. The van der Waals surface area contributed by atoms with Crippen LogP contribution in [0, 0.1) is 12.3 Å². The van der Waals surface area contributed by atoms with Gasteiger partial charge in [0.1, 0.15) is 0 Å². The summed E-state index contributed by atoms with van der Waals surface area (Å²) in [6, 6.07) is 8.37. The normalized spacial score (nSPS) is 23.7.